The zero-order chi connectivity index (χ0) is 11.2. The zero-order valence-corrected chi connectivity index (χ0v) is 9.25. The Morgan fingerprint density at radius 1 is 1.57 bits per heavy atom. The number of carbonyl (C=O) groups is 1. The summed E-state index contributed by atoms with van der Waals surface area (Å²) in [7, 11) is 0. The van der Waals surface area contributed by atoms with Crippen LogP contribution in [0.5, 0.6) is 0 Å². The van der Waals surface area contributed by atoms with E-state index in [1.54, 1.807) is 0 Å². The van der Waals surface area contributed by atoms with Crippen molar-refractivity contribution in [2.24, 2.45) is 5.73 Å². The number of carboxylic acids is 1. The van der Waals surface area contributed by atoms with Crippen LogP contribution in [0.15, 0.2) is 0 Å². The molecule has 2 unspecified atom stereocenters. The monoisotopic (exact) mass is 203 g/mol. The number of nitrogens with two attached hydrogens (primary N) is 1. The molecule has 0 rings (SSSR count). The third kappa shape index (κ3) is 5.19. The first-order valence-electron chi connectivity index (χ1n) is 5.06. The Kier molecular flexibility index (Phi) is 5.72. The molecular weight excluding hydrogens is 182 g/mol. The molecule has 0 aromatic rings. The smallest absolute Gasteiger partial charge is 0.332 e. The van der Waals surface area contributed by atoms with E-state index in [1.807, 2.05) is 20.8 Å². The Hall–Kier alpha value is -0.610. The molecule has 2 atom stereocenters. The second-order valence-corrected chi connectivity index (χ2v) is 3.93. The first-order chi connectivity index (χ1) is 6.43. The van der Waals surface area contributed by atoms with E-state index < -0.39 is 17.6 Å². The van der Waals surface area contributed by atoms with Gasteiger partial charge in [0.1, 0.15) is 0 Å². The lowest BCUT2D eigenvalue weighted by Crippen LogP contribution is -2.42. The average molecular weight is 203 g/mol. The van der Waals surface area contributed by atoms with Gasteiger partial charge in [0.15, 0.2) is 6.10 Å². The molecule has 0 heterocycles. The number of rotatable bonds is 7. The minimum atomic E-state index is -0.904. The molecule has 3 N–H and O–H groups in total. The predicted octanol–water partition coefficient (Wildman–Crippen LogP) is 1.38. The maximum Gasteiger partial charge on any atom is 0.332 e. The average Bonchev–Trinajstić information content (AvgIpc) is 2.12. The summed E-state index contributed by atoms with van der Waals surface area (Å²) >= 11 is 0. The van der Waals surface area contributed by atoms with Crippen LogP contribution >= 0.6 is 0 Å². The summed E-state index contributed by atoms with van der Waals surface area (Å²) in [6, 6.07) is 0. The summed E-state index contributed by atoms with van der Waals surface area (Å²) in [6.45, 7) is 6.04. The van der Waals surface area contributed by atoms with Crippen LogP contribution in [0.1, 0.15) is 40.0 Å². The fourth-order valence-corrected chi connectivity index (χ4v) is 0.933. The Morgan fingerprint density at radius 2 is 2.14 bits per heavy atom. The van der Waals surface area contributed by atoms with E-state index in [4.69, 9.17) is 15.6 Å². The van der Waals surface area contributed by atoms with Gasteiger partial charge in [-0.05, 0) is 19.8 Å². The molecule has 0 fully saturated rings. The SMILES string of the molecule is CCCC(OCC(C)(N)CC)C(=O)O. The molecule has 4 nitrogen and oxygen atoms in total. The fraction of sp³-hybridized carbons (Fsp3) is 0.900. The Morgan fingerprint density at radius 3 is 2.50 bits per heavy atom. The molecule has 0 radical (unpaired) electrons. The summed E-state index contributed by atoms with van der Waals surface area (Å²) in [6.07, 6.45) is 1.39. The third-order valence-corrected chi connectivity index (χ3v) is 2.25. The first-order valence-corrected chi connectivity index (χ1v) is 5.06. The van der Waals surface area contributed by atoms with Gasteiger partial charge >= 0.3 is 5.97 Å². The van der Waals surface area contributed by atoms with Gasteiger partial charge in [-0.1, -0.05) is 20.3 Å². The maximum absolute atomic E-state index is 10.7. The molecule has 0 bridgehead atoms. The van der Waals surface area contributed by atoms with Gasteiger partial charge in [-0.2, -0.15) is 0 Å². The lowest BCUT2D eigenvalue weighted by molar-refractivity contribution is -0.151. The number of aliphatic carboxylic acids is 1. The highest BCUT2D eigenvalue weighted by molar-refractivity contribution is 5.72. The molecule has 0 saturated heterocycles. The van der Waals surface area contributed by atoms with E-state index in [0.717, 1.165) is 12.8 Å². The predicted molar refractivity (Wildman–Crippen MR) is 55.2 cm³/mol. The second-order valence-electron chi connectivity index (χ2n) is 3.93. The summed E-state index contributed by atoms with van der Waals surface area (Å²) in [5.41, 5.74) is 5.41. The quantitative estimate of drug-likeness (QED) is 0.655. The zero-order valence-electron chi connectivity index (χ0n) is 9.25. The molecule has 0 aromatic carbocycles. The first kappa shape index (κ1) is 13.4. The van der Waals surface area contributed by atoms with Crippen molar-refractivity contribution in [3.8, 4) is 0 Å². The van der Waals surface area contributed by atoms with Crippen LogP contribution in [-0.2, 0) is 9.53 Å². The number of ether oxygens (including phenoxy) is 1. The van der Waals surface area contributed by atoms with Crippen LogP contribution in [0, 0.1) is 0 Å². The molecule has 0 spiro atoms. The van der Waals surface area contributed by atoms with Gasteiger partial charge < -0.3 is 15.6 Å². The molecule has 0 aliphatic heterocycles. The minimum Gasteiger partial charge on any atom is -0.479 e. The van der Waals surface area contributed by atoms with E-state index in [-0.39, 0.29) is 0 Å². The topological polar surface area (TPSA) is 72.5 Å². The third-order valence-electron chi connectivity index (χ3n) is 2.25. The van der Waals surface area contributed by atoms with E-state index in [9.17, 15) is 4.79 Å². The molecule has 4 heteroatoms. The van der Waals surface area contributed by atoms with Gasteiger partial charge in [-0.25, -0.2) is 4.79 Å². The van der Waals surface area contributed by atoms with E-state index in [0.29, 0.717) is 13.0 Å². The Labute approximate surface area is 85.4 Å². The van der Waals surface area contributed by atoms with Crippen LogP contribution < -0.4 is 5.73 Å². The summed E-state index contributed by atoms with van der Waals surface area (Å²) in [5, 5.41) is 8.81. The normalized spacial score (nSPS) is 17.4. The van der Waals surface area contributed by atoms with Gasteiger partial charge in [0, 0.05) is 5.54 Å². The van der Waals surface area contributed by atoms with Crippen molar-refractivity contribution in [2.75, 3.05) is 6.61 Å². The highest BCUT2D eigenvalue weighted by Gasteiger charge is 2.22. The number of hydrogen-bond acceptors (Lipinski definition) is 3. The van der Waals surface area contributed by atoms with Crippen molar-refractivity contribution in [3.63, 3.8) is 0 Å². The van der Waals surface area contributed by atoms with Gasteiger partial charge in [-0.3, -0.25) is 0 Å². The standard InChI is InChI=1S/C10H21NO3/c1-4-6-8(9(12)13)14-7-10(3,11)5-2/h8H,4-7,11H2,1-3H3,(H,12,13). The van der Waals surface area contributed by atoms with Crippen molar-refractivity contribution in [2.45, 2.75) is 51.7 Å². The van der Waals surface area contributed by atoms with Gasteiger partial charge in [0.2, 0.25) is 0 Å². The molecule has 0 aliphatic rings. The summed E-state index contributed by atoms with van der Waals surface area (Å²) in [4.78, 5) is 10.7. The summed E-state index contributed by atoms with van der Waals surface area (Å²) < 4.78 is 5.28. The largest absolute Gasteiger partial charge is 0.479 e. The molecule has 0 aliphatic carbocycles. The molecule has 0 amide bonds. The van der Waals surface area contributed by atoms with Crippen molar-refractivity contribution in [1.82, 2.24) is 0 Å². The maximum atomic E-state index is 10.7. The van der Waals surface area contributed by atoms with Gasteiger partial charge in [0.25, 0.3) is 0 Å². The van der Waals surface area contributed by atoms with Crippen molar-refractivity contribution < 1.29 is 14.6 Å². The van der Waals surface area contributed by atoms with Crippen molar-refractivity contribution in [3.05, 3.63) is 0 Å². The lowest BCUT2D eigenvalue weighted by Gasteiger charge is -2.24. The molecule has 14 heavy (non-hydrogen) atoms. The minimum absolute atomic E-state index is 0.292. The van der Waals surface area contributed by atoms with E-state index in [1.165, 1.54) is 0 Å². The molecule has 84 valence electrons. The Balaban J connectivity index is 3.99. The van der Waals surface area contributed by atoms with Crippen LogP contribution in [0.3, 0.4) is 0 Å². The van der Waals surface area contributed by atoms with E-state index in [2.05, 4.69) is 0 Å². The van der Waals surface area contributed by atoms with Crippen molar-refractivity contribution in [1.29, 1.82) is 0 Å². The van der Waals surface area contributed by atoms with Gasteiger partial charge in [0.05, 0.1) is 6.61 Å². The molecule has 0 aromatic heterocycles. The number of hydrogen-bond donors (Lipinski definition) is 2. The molecule has 0 saturated carbocycles. The highest BCUT2D eigenvalue weighted by Crippen LogP contribution is 2.09. The van der Waals surface area contributed by atoms with Crippen LogP contribution in [-0.4, -0.2) is 29.3 Å². The van der Waals surface area contributed by atoms with Gasteiger partial charge in [-0.15, -0.1) is 0 Å². The van der Waals surface area contributed by atoms with E-state index >= 15 is 0 Å². The van der Waals surface area contributed by atoms with Crippen molar-refractivity contribution >= 4 is 5.97 Å². The highest BCUT2D eigenvalue weighted by atomic mass is 16.5. The fourth-order valence-electron chi connectivity index (χ4n) is 0.933. The molecular formula is C10H21NO3. The Bertz CT molecular complexity index is 180. The number of carboxylic acid groups (broad SMARTS) is 1. The van der Waals surface area contributed by atoms with Crippen LogP contribution in [0.4, 0.5) is 0 Å². The summed E-state index contributed by atoms with van der Waals surface area (Å²) in [5.74, 6) is -0.904. The lowest BCUT2D eigenvalue weighted by atomic mass is 10.0. The van der Waals surface area contributed by atoms with Crippen LogP contribution in [0.2, 0.25) is 0 Å². The second kappa shape index (κ2) is 5.98. The van der Waals surface area contributed by atoms with Crippen LogP contribution in [0.25, 0.3) is 0 Å².